The molecular weight excluding hydrogens is 284 g/mol. The first-order valence-electron chi connectivity index (χ1n) is 5.96. The lowest BCUT2D eigenvalue weighted by molar-refractivity contribution is -0.384. The van der Waals surface area contributed by atoms with E-state index in [4.69, 9.17) is 16.3 Å². The molecule has 0 amide bonds. The zero-order valence-electron chi connectivity index (χ0n) is 11.0. The van der Waals surface area contributed by atoms with Crippen LogP contribution < -0.4 is 4.74 Å². The van der Waals surface area contributed by atoms with E-state index in [9.17, 15) is 10.1 Å². The van der Waals surface area contributed by atoms with Crippen molar-refractivity contribution in [1.29, 1.82) is 0 Å². The largest absolute Gasteiger partial charge is 0.494 e. The van der Waals surface area contributed by atoms with Crippen LogP contribution in [0.1, 0.15) is 24.4 Å². The molecule has 0 fully saturated rings. The van der Waals surface area contributed by atoms with Crippen molar-refractivity contribution in [3.8, 4) is 11.4 Å². The van der Waals surface area contributed by atoms with Gasteiger partial charge in [0.25, 0.3) is 5.69 Å². The van der Waals surface area contributed by atoms with Crippen molar-refractivity contribution in [3.05, 3.63) is 40.2 Å². The topological polar surface area (TPSA) is 83.1 Å². The number of nitro groups is 1. The fourth-order valence-electron chi connectivity index (χ4n) is 1.72. The molecule has 7 nitrogen and oxygen atoms in total. The molecule has 1 atom stereocenters. The molecule has 8 heteroatoms. The lowest BCUT2D eigenvalue weighted by Gasteiger charge is -2.07. The van der Waals surface area contributed by atoms with E-state index in [0.717, 1.165) is 0 Å². The number of nitrogens with zero attached hydrogens (tertiary/aromatic N) is 4. The number of nitro benzene ring substituents is 1. The number of halogens is 1. The van der Waals surface area contributed by atoms with Crippen LogP contribution in [0.15, 0.2) is 24.4 Å². The maximum absolute atomic E-state index is 10.8. The van der Waals surface area contributed by atoms with E-state index in [2.05, 4.69) is 10.3 Å². The number of ether oxygens (including phenoxy) is 1. The first kappa shape index (κ1) is 14.3. The van der Waals surface area contributed by atoms with Gasteiger partial charge in [-0.1, -0.05) is 12.1 Å². The lowest BCUT2D eigenvalue weighted by Crippen LogP contribution is -2.00. The van der Waals surface area contributed by atoms with E-state index in [1.807, 2.05) is 6.92 Å². The summed E-state index contributed by atoms with van der Waals surface area (Å²) in [6, 6.07) is 4.27. The molecule has 2 aromatic rings. The molecule has 0 N–H and O–H groups in total. The second kappa shape index (κ2) is 5.87. The predicted octanol–water partition coefficient (Wildman–Crippen LogP) is 2.87. The summed E-state index contributed by atoms with van der Waals surface area (Å²) < 4.78 is 6.61. The highest BCUT2D eigenvalue weighted by atomic mass is 35.5. The average molecular weight is 297 g/mol. The van der Waals surface area contributed by atoms with Crippen molar-refractivity contribution in [2.24, 2.45) is 0 Å². The normalized spacial score (nSPS) is 12.2. The molecule has 0 bridgehead atoms. The number of rotatable bonds is 5. The summed E-state index contributed by atoms with van der Waals surface area (Å²) in [6.07, 6.45) is 2.36. The Labute approximate surface area is 120 Å². The Kier molecular flexibility index (Phi) is 4.19. The van der Waals surface area contributed by atoms with E-state index in [-0.39, 0.29) is 11.1 Å². The number of benzene rings is 1. The quantitative estimate of drug-likeness (QED) is 0.481. The highest BCUT2D eigenvalue weighted by Gasteiger charge is 2.16. The second-order valence-corrected chi connectivity index (χ2v) is 4.60. The van der Waals surface area contributed by atoms with Crippen molar-refractivity contribution in [1.82, 2.24) is 15.0 Å². The molecule has 0 saturated heterocycles. The van der Waals surface area contributed by atoms with Crippen LogP contribution in [0.3, 0.4) is 0 Å². The minimum absolute atomic E-state index is 0.0456. The molecule has 20 heavy (non-hydrogen) atoms. The Balaban J connectivity index is 2.47. The van der Waals surface area contributed by atoms with Gasteiger partial charge >= 0.3 is 0 Å². The first-order valence-corrected chi connectivity index (χ1v) is 6.39. The molecule has 1 unspecified atom stereocenters. The number of methoxy groups -OCH3 is 1. The number of non-ortho nitro benzene ring substituents is 1. The van der Waals surface area contributed by atoms with Gasteiger partial charge in [-0.2, -0.15) is 0 Å². The summed E-state index contributed by atoms with van der Waals surface area (Å²) in [7, 11) is 1.49. The van der Waals surface area contributed by atoms with E-state index < -0.39 is 4.92 Å². The SMILES string of the molecule is CCC(Cl)c1cn(-c2cc([N+](=O)[O-])ccc2OC)nn1. The zero-order chi connectivity index (χ0) is 14.7. The summed E-state index contributed by atoms with van der Waals surface area (Å²) in [6.45, 7) is 1.94. The van der Waals surface area contributed by atoms with Crippen molar-refractivity contribution in [2.45, 2.75) is 18.7 Å². The number of hydrogen-bond acceptors (Lipinski definition) is 5. The maximum atomic E-state index is 10.8. The van der Waals surface area contributed by atoms with Gasteiger partial charge in [-0.25, -0.2) is 4.68 Å². The van der Waals surface area contributed by atoms with Crippen LogP contribution in [-0.4, -0.2) is 27.0 Å². The van der Waals surface area contributed by atoms with Gasteiger partial charge in [0.15, 0.2) is 0 Å². The molecule has 1 heterocycles. The Hall–Kier alpha value is -2.15. The minimum Gasteiger partial charge on any atom is -0.494 e. The molecular formula is C12H13ClN4O3. The standard InChI is InChI=1S/C12H13ClN4O3/c1-3-9(13)10-7-16(15-14-10)11-6-8(17(18)19)4-5-12(11)20-2/h4-7,9H,3H2,1-2H3. The lowest BCUT2D eigenvalue weighted by atomic mass is 10.2. The van der Waals surface area contributed by atoms with Crippen molar-refractivity contribution in [3.63, 3.8) is 0 Å². The Morgan fingerprint density at radius 1 is 1.55 bits per heavy atom. The summed E-state index contributed by atoms with van der Waals surface area (Å²) in [4.78, 5) is 10.4. The third-order valence-electron chi connectivity index (χ3n) is 2.81. The third kappa shape index (κ3) is 2.72. The van der Waals surface area contributed by atoms with Gasteiger partial charge < -0.3 is 4.74 Å². The van der Waals surface area contributed by atoms with Crippen LogP contribution in [0.2, 0.25) is 0 Å². The fourth-order valence-corrected chi connectivity index (χ4v) is 1.82. The molecule has 1 aromatic heterocycles. The highest BCUT2D eigenvalue weighted by molar-refractivity contribution is 6.20. The van der Waals surface area contributed by atoms with Gasteiger partial charge in [0.1, 0.15) is 17.1 Å². The van der Waals surface area contributed by atoms with Gasteiger partial charge in [0.05, 0.1) is 23.6 Å². The molecule has 1 aromatic carbocycles. The number of hydrogen-bond donors (Lipinski definition) is 0. The van der Waals surface area contributed by atoms with Crippen LogP contribution in [0, 0.1) is 10.1 Å². The van der Waals surface area contributed by atoms with Gasteiger partial charge in [0.2, 0.25) is 0 Å². The van der Waals surface area contributed by atoms with Gasteiger partial charge in [0, 0.05) is 12.1 Å². The van der Waals surface area contributed by atoms with Crippen molar-refractivity contribution < 1.29 is 9.66 Å². The molecule has 0 spiro atoms. The summed E-state index contributed by atoms with van der Waals surface area (Å²) in [5.41, 5.74) is 1.01. The van der Waals surface area contributed by atoms with Gasteiger partial charge in [-0.05, 0) is 12.5 Å². The summed E-state index contributed by atoms with van der Waals surface area (Å²) in [5, 5.41) is 18.5. The third-order valence-corrected chi connectivity index (χ3v) is 3.34. The summed E-state index contributed by atoms with van der Waals surface area (Å²) >= 11 is 6.09. The van der Waals surface area contributed by atoms with E-state index in [0.29, 0.717) is 23.6 Å². The fraction of sp³-hybridized carbons (Fsp3) is 0.333. The van der Waals surface area contributed by atoms with Crippen molar-refractivity contribution in [2.75, 3.05) is 7.11 Å². The predicted molar refractivity (Wildman–Crippen MR) is 73.5 cm³/mol. The average Bonchev–Trinajstić information content (AvgIpc) is 2.95. The first-order chi connectivity index (χ1) is 9.56. The monoisotopic (exact) mass is 296 g/mol. The zero-order valence-corrected chi connectivity index (χ0v) is 11.7. The number of alkyl halides is 1. The van der Waals surface area contributed by atoms with Crippen LogP contribution in [-0.2, 0) is 0 Å². The van der Waals surface area contributed by atoms with Crippen LogP contribution >= 0.6 is 11.6 Å². The van der Waals surface area contributed by atoms with E-state index in [1.54, 1.807) is 6.20 Å². The van der Waals surface area contributed by atoms with E-state index >= 15 is 0 Å². The van der Waals surface area contributed by atoms with Crippen LogP contribution in [0.5, 0.6) is 5.75 Å². The highest BCUT2D eigenvalue weighted by Crippen LogP contribution is 2.28. The molecule has 0 aliphatic rings. The van der Waals surface area contributed by atoms with Crippen LogP contribution in [0.25, 0.3) is 5.69 Å². The number of aromatic nitrogens is 3. The second-order valence-electron chi connectivity index (χ2n) is 4.08. The molecule has 2 rings (SSSR count). The molecule has 0 aliphatic heterocycles. The maximum Gasteiger partial charge on any atom is 0.271 e. The van der Waals surface area contributed by atoms with E-state index in [1.165, 1.54) is 30.0 Å². The minimum atomic E-state index is -0.475. The Morgan fingerprint density at radius 3 is 2.90 bits per heavy atom. The van der Waals surface area contributed by atoms with Gasteiger partial charge in [-0.3, -0.25) is 10.1 Å². The summed E-state index contributed by atoms with van der Waals surface area (Å²) in [5.74, 6) is 0.467. The Morgan fingerprint density at radius 2 is 2.30 bits per heavy atom. The van der Waals surface area contributed by atoms with Crippen molar-refractivity contribution >= 4 is 17.3 Å². The molecule has 106 valence electrons. The smallest absolute Gasteiger partial charge is 0.271 e. The molecule has 0 aliphatic carbocycles. The van der Waals surface area contributed by atoms with Gasteiger partial charge in [-0.15, -0.1) is 16.7 Å². The molecule has 0 saturated carbocycles. The van der Waals surface area contributed by atoms with Crippen LogP contribution in [0.4, 0.5) is 5.69 Å². The molecule has 0 radical (unpaired) electrons. The Bertz CT molecular complexity index is 629.